The molecule has 3 aromatic rings. The zero-order chi connectivity index (χ0) is 20.1. The van der Waals surface area contributed by atoms with Gasteiger partial charge in [0.2, 0.25) is 0 Å². The average molecular weight is 373 g/mol. The highest BCUT2D eigenvalue weighted by atomic mass is 16.7. The average Bonchev–Trinajstić information content (AvgIpc) is 2.81. The largest absolute Gasteiger partial charge is 0.494 e. The Morgan fingerprint density at radius 2 is 1.46 bits per heavy atom. The highest BCUT2D eigenvalue weighted by Gasteiger charge is 2.51. The second-order valence-electron chi connectivity index (χ2n) is 9.04. The van der Waals surface area contributed by atoms with E-state index in [9.17, 15) is 0 Å². The molecule has 0 atom stereocenters. The van der Waals surface area contributed by atoms with Crippen LogP contribution in [-0.2, 0) is 15.7 Å². The summed E-state index contributed by atoms with van der Waals surface area (Å²) in [6, 6.07) is 15.2. The number of nitrogens with zero attached hydrogens (tertiary/aromatic N) is 1. The number of hydrogen-bond donors (Lipinski definition) is 0. The highest BCUT2D eigenvalue weighted by Crippen LogP contribution is 2.36. The Morgan fingerprint density at radius 1 is 0.821 bits per heavy atom. The van der Waals surface area contributed by atoms with Crippen LogP contribution >= 0.6 is 0 Å². The van der Waals surface area contributed by atoms with Crippen molar-refractivity contribution in [3.8, 4) is 0 Å². The van der Waals surface area contributed by atoms with E-state index in [1.54, 1.807) is 0 Å². The number of benzene rings is 2. The van der Waals surface area contributed by atoms with Crippen molar-refractivity contribution in [2.24, 2.45) is 0 Å². The number of pyridine rings is 1. The van der Waals surface area contributed by atoms with Crippen LogP contribution in [0.1, 0.15) is 50.1 Å². The van der Waals surface area contributed by atoms with E-state index in [-0.39, 0.29) is 18.3 Å². The summed E-state index contributed by atoms with van der Waals surface area (Å²) in [5, 5.41) is 2.30. The fourth-order valence-corrected chi connectivity index (χ4v) is 3.81. The van der Waals surface area contributed by atoms with E-state index < -0.39 is 0 Å². The normalized spacial score (nSPS) is 18.0. The van der Waals surface area contributed by atoms with Crippen LogP contribution in [-0.4, -0.2) is 23.3 Å². The second-order valence-corrected chi connectivity index (χ2v) is 9.04. The Balaban J connectivity index is 1.60. The van der Waals surface area contributed by atoms with Crippen molar-refractivity contribution >= 4 is 23.4 Å². The van der Waals surface area contributed by atoms with Gasteiger partial charge in [0.1, 0.15) is 0 Å². The van der Waals surface area contributed by atoms with Gasteiger partial charge < -0.3 is 9.31 Å². The van der Waals surface area contributed by atoms with Gasteiger partial charge in [0.15, 0.2) is 0 Å². The van der Waals surface area contributed by atoms with Crippen LogP contribution in [0.3, 0.4) is 0 Å². The van der Waals surface area contributed by atoms with E-state index in [4.69, 9.17) is 14.3 Å². The van der Waals surface area contributed by atoms with Crippen LogP contribution in [0.4, 0.5) is 0 Å². The first-order valence-electron chi connectivity index (χ1n) is 9.94. The zero-order valence-corrected chi connectivity index (χ0v) is 17.7. The lowest BCUT2D eigenvalue weighted by Gasteiger charge is -2.32. The Labute approximate surface area is 168 Å². The van der Waals surface area contributed by atoms with E-state index in [0.29, 0.717) is 0 Å². The number of hydrogen-bond acceptors (Lipinski definition) is 3. The van der Waals surface area contributed by atoms with E-state index in [1.807, 2.05) is 6.20 Å². The molecule has 0 bridgehead atoms. The van der Waals surface area contributed by atoms with Crippen molar-refractivity contribution in [3.05, 3.63) is 71.0 Å². The summed E-state index contributed by atoms with van der Waals surface area (Å²) in [7, 11) is -0.343. The standard InChI is InChI=1S/C24H28BNO2/c1-16-9-17(2)11-18(10-16)12-22-14-19-7-8-21(13-20(19)15-26-22)25-27-23(3,4)24(5,6)28-25/h7-11,13-15H,12H2,1-6H3. The van der Waals surface area contributed by atoms with Gasteiger partial charge in [-0.3, -0.25) is 4.98 Å². The summed E-state index contributed by atoms with van der Waals surface area (Å²) in [5.41, 5.74) is 5.35. The molecule has 1 aliphatic heterocycles. The topological polar surface area (TPSA) is 31.4 Å². The summed E-state index contributed by atoms with van der Waals surface area (Å²) in [5.74, 6) is 0. The van der Waals surface area contributed by atoms with Crippen molar-refractivity contribution in [2.45, 2.75) is 59.2 Å². The summed E-state index contributed by atoms with van der Waals surface area (Å²) >= 11 is 0. The Kier molecular flexibility index (Phi) is 4.60. The zero-order valence-electron chi connectivity index (χ0n) is 17.7. The van der Waals surface area contributed by atoms with Gasteiger partial charge in [-0.05, 0) is 69.4 Å². The lowest BCUT2D eigenvalue weighted by molar-refractivity contribution is 0.00578. The van der Waals surface area contributed by atoms with Crippen LogP contribution in [0.15, 0.2) is 48.7 Å². The molecule has 0 amide bonds. The predicted octanol–water partition coefficient (Wildman–Crippen LogP) is 4.74. The first-order chi connectivity index (χ1) is 13.1. The van der Waals surface area contributed by atoms with Crippen molar-refractivity contribution in [3.63, 3.8) is 0 Å². The lowest BCUT2D eigenvalue weighted by Crippen LogP contribution is -2.41. The molecule has 28 heavy (non-hydrogen) atoms. The van der Waals surface area contributed by atoms with Gasteiger partial charge in [-0.2, -0.15) is 0 Å². The Bertz CT molecular complexity index is 1010. The quantitative estimate of drug-likeness (QED) is 0.622. The Hall–Kier alpha value is -2.17. The molecule has 2 aromatic carbocycles. The molecule has 1 fully saturated rings. The number of fused-ring (bicyclic) bond motifs is 1. The summed E-state index contributed by atoms with van der Waals surface area (Å²) in [4.78, 5) is 4.70. The molecule has 0 saturated carbocycles. The van der Waals surface area contributed by atoms with Crippen LogP contribution in [0.2, 0.25) is 0 Å². The van der Waals surface area contributed by atoms with Crippen LogP contribution < -0.4 is 5.46 Å². The van der Waals surface area contributed by atoms with E-state index in [1.165, 1.54) is 22.1 Å². The summed E-state index contributed by atoms with van der Waals surface area (Å²) < 4.78 is 12.4. The third-order valence-electron chi connectivity index (χ3n) is 5.99. The minimum Gasteiger partial charge on any atom is -0.399 e. The molecule has 0 spiro atoms. The van der Waals surface area contributed by atoms with Gasteiger partial charge in [-0.15, -0.1) is 0 Å². The highest BCUT2D eigenvalue weighted by molar-refractivity contribution is 6.62. The van der Waals surface area contributed by atoms with Gasteiger partial charge >= 0.3 is 7.12 Å². The van der Waals surface area contributed by atoms with Gasteiger partial charge in [0, 0.05) is 18.3 Å². The molecular formula is C24H28BNO2. The van der Waals surface area contributed by atoms with E-state index in [2.05, 4.69) is 84.0 Å². The maximum absolute atomic E-state index is 6.18. The fraction of sp³-hybridized carbons (Fsp3) is 0.375. The summed E-state index contributed by atoms with van der Waals surface area (Å²) in [6.07, 6.45) is 2.81. The third-order valence-corrected chi connectivity index (χ3v) is 5.99. The van der Waals surface area contributed by atoms with Crippen LogP contribution in [0, 0.1) is 13.8 Å². The number of aromatic nitrogens is 1. The monoisotopic (exact) mass is 373 g/mol. The molecule has 4 heteroatoms. The lowest BCUT2D eigenvalue weighted by atomic mass is 9.78. The number of rotatable bonds is 3. The van der Waals surface area contributed by atoms with Crippen LogP contribution in [0.25, 0.3) is 10.8 Å². The maximum atomic E-state index is 6.18. The minimum atomic E-state index is -0.343. The molecule has 4 rings (SSSR count). The van der Waals surface area contributed by atoms with Gasteiger partial charge in [0.25, 0.3) is 0 Å². The van der Waals surface area contributed by atoms with Gasteiger partial charge in [0.05, 0.1) is 11.2 Å². The molecule has 0 radical (unpaired) electrons. The number of aryl methyl sites for hydroxylation is 2. The molecule has 0 N–H and O–H groups in total. The summed E-state index contributed by atoms with van der Waals surface area (Å²) in [6.45, 7) is 12.6. The minimum absolute atomic E-state index is 0.333. The molecule has 2 heterocycles. The second kappa shape index (κ2) is 6.72. The molecule has 0 aliphatic carbocycles. The first-order valence-corrected chi connectivity index (χ1v) is 9.94. The Morgan fingerprint density at radius 3 is 2.11 bits per heavy atom. The smallest absolute Gasteiger partial charge is 0.399 e. The van der Waals surface area contributed by atoms with Crippen molar-refractivity contribution < 1.29 is 9.31 Å². The van der Waals surface area contributed by atoms with E-state index >= 15 is 0 Å². The van der Waals surface area contributed by atoms with E-state index in [0.717, 1.165) is 23.0 Å². The molecule has 1 aliphatic rings. The van der Waals surface area contributed by atoms with Gasteiger partial charge in [-0.25, -0.2) is 0 Å². The van der Waals surface area contributed by atoms with Crippen LogP contribution in [0.5, 0.6) is 0 Å². The van der Waals surface area contributed by atoms with Gasteiger partial charge in [-0.1, -0.05) is 47.5 Å². The maximum Gasteiger partial charge on any atom is 0.494 e. The molecule has 1 saturated heterocycles. The first kappa shape index (κ1) is 19.2. The molecule has 0 unspecified atom stereocenters. The fourth-order valence-electron chi connectivity index (χ4n) is 3.81. The third kappa shape index (κ3) is 3.59. The molecule has 144 valence electrons. The predicted molar refractivity (Wildman–Crippen MR) is 116 cm³/mol. The SMILES string of the molecule is Cc1cc(C)cc(Cc2cc3ccc(B4OC(C)(C)C(C)(C)O4)cc3cn2)c1. The molecule has 3 nitrogen and oxygen atoms in total. The molecule has 1 aromatic heterocycles. The molecular weight excluding hydrogens is 345 g/mol. The van der Waals surface area contributed by atoms with Crippen molar-refractivity contribution in [1.29, 1.82) is 0 Å². The van der Waals surface area contributed by atoms with Crippen molar-refractivity contribution in [1.82, 2.24) is 4.98 Å². The van der Waals surface area contributed by atoms with Crippen molar-refractivity contribution in [2.75, 3.05) is 0 Å².